The number of carbonyl (C=O) groups is 3. The van der Waals surface area contributed by atoms with Crippen molar-refractivity contribution >= 4 is 38.5 Å². The Morgan fingerprint density at radius 2 is 1.10 bits per heavy atom. The second-order valence-corrected chi connectivity index (χ2v) is 15.4. The van der Waals surface area contributed by atoms with Crippen LogP contribution < -0.4 is 10.0 Å². The number of rotatable bonds is 15. The lowest BCUT2D eigenvalue weighted by molar-refractivity contribution is -0.370. The first-order valence-electron chi connectivity index (χ1n) is 16.5. The zero-order chi connectivity index (χ0) is 43.8. The van der Waals surface area contributed by atoms with Crippen molar-refractivity contribution in [2.75, 3.05) is 13.2 Å². The maximum atomic E-state index is 12.4. The Hall–Kier alpha value is -2.49. The molecule has 4 fully saturated rings. The number of nitrogens with one attached hydrogen (secondary N) is 2. The highest BCUT2D eigenvalue weighted by atomic mass is 32.3. The van der Waals surface area contributed by atoms with Crippen molar-refractivity contribution in [3.8, 4) is 0 Å². The summed E-state index contributed by atoms with van der Waals surface area (Å²) in [5.41, 5.74) is 0. The Morgan fingerprint density at radius 1 is 0.603 bits per heavy atom. The van der Waals surface area contributed by atoms with Crippen LogP contribution in [-0.4, -0.2) is 236 Å². The van der Waals surface area contributed by atoms with E-state index in [2.05, 4.69) is 9.50 Å². The molecule has 0 unspecified atom stereocenters. The highest BCUT2D eigenvalue weighted by Gasteiger charge is 2.57. The van der Waals surface area contributed by atoms with E-state index in [1.807, 2.05) is 0 Å². The average molecular weight is 895 g/mol. The number of aliphatic carboxylic acids is 2. The number of hydrogen-bond donors (Lipinski definition) is 15. The first-order valence-corrected chi connectivity index (χ1v) is 19.3. The highest BCUT2D eigenvalue weighted by molar-refractivity contribution is 7.83. The maximum absolute atomic E-state index is 12.4. The minimum absolute atomic E-state index is 0.782. The van der Waals surface area contributed by atoms with Crippen LogP contribution in [-0.2, 0) is 72.4 Å². The van der Waals surface area contributed by atoms with Crippen molar-refractivity contribution in [3.05, 3.63) is 0 Å². The molecule has 4 heterocycles. The average Bonchev–Trinajstić information content (AvgIpc) is 3.11. The van der Waals surface area contributed by atoms with Gasteiger partial charge in [0, 0.05) is 6.92 Å². The monoisotopic (exact) mass is 894 g/mol. The van der Waals surface area contributed by atoms with Crippen molar-refractivity contribution in [1.82, 2.24) is 10.0 Å². The Balaban J connectivity index is 1.65. The van der Waals surface area contributed by atoms with Crippen LogP contribution >= 0.6 is 0 Å². The Labute approximate surface area is 325 Å². The van der Waals surface area contributed by atoms with Crippen LogP contribution in [0.3, 0.4) is 0 Å². The van der Waals surface area contributed by atoms with Gasteiger partial charge in [0.05, 0.1) is 13.2 Å². The zero-order valence-electron chi connectivity index (χ0n) is 29.2. The number of aliphatic hydroxyl groups is 9. The summed E-state index contributed by atoms with van der Waals surface area (Å²) in [6, 6.07) is -4.10. The third-order valence-corrected chi connectivity index (χ3v) is 10.1. The summed E-state index contributed by atoms with van der Waals surface area (Å²) in [5.74, 6) is -4.73. The van der Waals surface area contributed by atoms with Gasteiger partial charge in [0.1, 0.15) is 85.3 Å². The molecule has 0 bridgehead atoms. The molecule has 30 nitrogen and oxygen atoms in total. The molecule has 20 atom stereocenters. The van der Waals surface area contributed by atoms with E-state index in [9.17, 15) is 96.5 Å². The van der Waals surface area contributed by atoms with Gasteiger partial charge in [0.2, 0.25) is 5.91 Å². The third-order valence-electron chi connectivity index (χ3n) is 9.06. The van der Waals surface area contributed by atoms with E-state index in [-0.39, 0.29) is 0 Å². The molecule has 0 spiro atoms. The van der Waals surface area contributed by atoms with Gasteiger partial charge in [0.25, 0.3) is 0 Å². The first-order chi connectivity index (χ1) is 26.8. The summed E-state index contributed by atoms with van der Waals surface area (Å²) < 4.78 is 109. The van der Waals surface area contributed by atoms with Gasteiger partial charge >= 0.3 is 32.6 Å². The van der Waals surface area contributed by atoms with E-state index in [0.29, 0.717) is 0 Å². The molecule has 58 heavy (non-hydrogen) atoms. The van der Waals surface area contributed by atoms with E-state index >= 15 is 0 Å². The van der Waals surface area contributed by atoms with E-state index in [1.54, 1.807) is 0 Å². The summed E-state index contributed by atoms with van der Waals surface area (Å²) >= 11 is 0. The zero-order valence-corrected chi connectivity index (χ0v) is 30.8. The van der Waals surface area contributed by atoms with Gasteiger partial charge in [-0.25, -0.2) is 13.8 Å². The molecule has 0 saturated carbocycles. The lowest BCUT2D eigenvalue weighted by Gasteiger charge is -2.49. The van der Waals surface area contributed by atoms with Crippen LogP contribution in [0.2, 0.25) is 0 Å². The molecule has 0 aromatic heterocycles. The number of carboxylic acids is 2. The van der Waals surface area contributed by atoms with Crippen molar-refractivity contribution in [3.63, 3.8) is 0 Å². The molecule has 4 saturated heterocycles. The van der Waals surface area contributed by atoms with Crippen LogP contribution in [0.1, 0.15) is 6.92 Å². The first kappa shape index (κ1) is 48.2. The highest BCUT2D eigenvalue weighted by Crippen LogP contribution is 2.35. The van der Waals surface area contributed by atoms with Gasteiger partial charge in [0.15, 0.2) is 37.4 Å². The number of amides is 1. The standard InChI is InChI=1S/C26H42N2O28S2/c1-4(30)27-7-9(31)16(5(2-29)50-23(7)42)52-26-15(37)13(35)18(20(56-26)22(40)41)54-24-8(28-57(43,44)45)10(32)17(6(51-24)3-49-58(46,47)48)53-25-14(36)11(33)12(34)19(55-25)21(38)39/h5-20,23-26,28-29,31-37,42H,2-3H2,1H3,(H,27,30)(H,38,39)(H,40,41)(H,43,44,45)(H,46,47,48)/t5-,6-,7-,8-,9-,10-,11+,12+,13-,14-,15-,16-,17-,18+,19-,20+,23+,24-,25-,26-/m1/s1. The van der Waals surface area contributed by atoms with Crippen LogP contribution in [0, 0.1) is 0 Å². The SMILES string of the molecule is CC(=O)N[C@@H]1[C@@H](O)[C@H](O[C@@H]2O[C@H](C(=O)O)[C@@H](O[C@H]3O[C@H](COS(=O)(=O)O)[C@@H](O[C@@H]4O[C@@H](C(=O)O)[C@@H](O)[C@H](O)[C@H]4O)[C@H](O)[C@H]3NS(=O)(=O)O)[C@H](O)[C@H]2O)[C@@H](CO)O[C@@H]1O. The summed E-state index contributed by atoms with van der Waals surface area (Å²) in [7, 11) is -10.9. The van der Waals surface area contributed by atoms with E-state index in [0.717, 1.165) is 6.92 Å². The van der Waals surface area contributed by atoms with Crippen LogP contribution in [0.5, 0.6) is 0 Å². The molecule has 0 aromatic rings. The van der Waals surface area contributed by atoms with E-state index < -0.39 is 174 Å². The fraction of sp³-hybridized carbons (Fsp3) is 0.885. The molecule has 0 aliphatic carbocycles. The molecule has 0 aromatic carbocycles. The molecule has 32 heteroatoms. The summed E-state index contributed by atoms with van der Waals surface area (Å²) in [6.07, 6.45) is -40.9. The fourth-order valence-electron chi connectivity index (χ4n) is 6.36. The topological polar surface area (TPSA) is 480 Å². The normalized spacial score (nSPS) is 44.0. The predicted octanol–water partition coefficient (Wildman–Crippen LogP) is -10.2. The number of ether oxygens (including phenoxy) is 7. The molecule has 4 aliphatic heterocycles. The van der Waals surface area contributed by atoms with Crippen molar-refractivity contribution < 1.29 is 134 Å². The lowest BCUT2D eigenvalue weighted by Crippen LogP contribution is -2.70. The van der Waals surface area contributed by atoms with Gasteiger partial charge in [-0.1, -0.05) is 0 Å². The van der Waals surface area contributed by atoms with Gasteiger partial charge in [-0.15, -0.1) is 0 Å². The van der Waals surface area contributed by atoms with Crippen LogP contribution in [0.15, 0.2) is 0 Å². The van der Waals surface area contributed by atoms with Gasteiger partial charge < -0.3 is 94.6 Å². The molecule has 1 amide bonds. The Bertz CT molecular complexity index is 1670. The predicted molar refractivity (Wildman–Crippen MR) is 169 cm³/mol. The lowest BCUT2D eigenvalue weighted by atomic mass is 9.94. The molecule has 0 radical (unpaired) electrons. The molecule has 4 rings (SSSR count). The largest absolute Gasteiger partial charge is 0.479 e. The maximum Gasteiger partial charge on any atom is 0.397 e. The second-order valence-electron chi connectivity index (χ2n) is 13.1. The number of aliphatic hydroxyl groups excluding tert-OH is 9. The van der Waals surface area contributed by atoms with E-state index in [1.165, 1.54) is 4.72 Å². The third kappa shape index (κ3) is 11.3. The minimum atomic E-state index is -5.50. The molecule has 4 aliphatic rings. The summed E-state index contributed by atoms with van der Waals surface area (Å²) in [4.78, 5) is 35.7. The van der Waals surface area contributed by atoms with Gasteiger partial charge in [-0.3, -0.25) is 13.9 Å². The smallest absolute Gasteiger partial charge is 0.397 e. The molecular weight excluding hydrogens is 852 g/mol. The van der Waals surface area contributed by atoms with Crippen molar-refractivity contribution in [1.29, 1.82) is 0 Å². The number of carboxylic acid groups (broad SMARTS) is 2. The number of hydrogen-bond acceptors (Lipinski definition) is 24. The van der Waals surface area contributed by atoms with Crippen molar-refractivity contribution in [2.45, 2.75) is 130 Å². The molecule has 336 valence electrons. The van der Waals surface area contributed by atoms with Gasteiger partial charge in [-0.2, -0.15) is 21.6 Å². The second kappa shape index (κ2) is 19.1. The Kier molecular flexibility index (Phi) is 15.8. The van der Waals surface area contributed by atoms with E-state index in [4.69, 9.17) is 33.2 Å². The van der Waals surface area contributed by atoms with Crippen LogP contribution in [0.25, 0.3) is 0 Å². The minimum Gasteiger partial charge on any atom is -0.479 e. The molecule has 15 N–H and O–H groups in total. The quantitative estimate of drug-likeness (QED) is 0.0679. The van der Waals surface area contributed by atoms with Gasteiger partial charge in [-0.05, 0) is 0 Å². The summed E-state index contributed by atoms with van der Waals surface area (Å²) in [5, 5.41) is 116. The summed E-state index contributed by atoms with van der Waals surface area (Å²) in [6.45, 7) is -1.44. The van der Waals surface area contributed by atoms with Crippen LogP contribution in [0.4, 0.5) is 0 Å². The Morgan fingerprint density at radius 3 is 1.60 bits per heavy atom. The van der Waals surface area contributed by atoms with Crippen molar-refractivity contribution in [2.24, 2.45) is 0 Å². The molecular formula is C26H42N2O28S2. The number of carbonyl (C=O) groups excluding carboxylic acids is 1. The fourth-order valence-corrected chi connectivity index (χ4v) is 7.26.